The lowest BCUT2D eigenvalue weighted by Crippen LogP contribution is -2.41. The van der Waals surface area contributed by atoms with Gasteiger partial charge in [0.1, 0.15) is 0 Å². The zero-order chi connectivity index (χ0) is 9.24. The molecule has 0 aromatic carbocycles. The Morgan fingerprint density at radius 1 is 1.50 bits per heavy atom. The molecule has 6 aliphatic rings. The van der Waals surface area contributed by atoms with E-state index < -0.39 is 0 Å². The van der Waals surface area contributed by atoms with Crippen molar-refractivity contribution < 1.29 is 9.84 Å². The molecule has 3 heteroatoms. The highest BCUT2D eigenvalue weighted by molar-refractivity contribution is 9.11. The van der Waals surface area contributed by atoms with Gasteiger partial charge < -0.3 is 9.84 Å². The number of ether oxygens (including phenoxy) is 1. The van der Waals surface area contributed by atoms with Gasteiger partial charge in [-0.2, -0.15) is 0 Å². The molecule has 0 aromatic heterocycles. The van der Waals surface area contributed by atoms with Gasteiger partial charge in [-0.05, 0) is 30.3 Å². The summed E-state index contributed by atoms with van der Waals surface area (Å²) >= 11 is 3.55. The molecule has 1 aliphatic heterocycles. The van der Waals surface area contributed by atoms with Crippen LogP contribution in [0.5, 0.6) is 0 Å². The van der Waals surface area contributed by atoms with Crippen molar-refractivity contribution in [3.05, 3.63) is 10.6 Å². The van der Waals surface area contributed by atoms with Gasteiger partial charge in [-0.3, -0.25) is 0 Å². The van der Waals surface area contributed by atoms with E-state index in [0.717, 1.165) is 16.3 Å². The largest absolute Gasteiger partial charge is 0.388 e. The standard InChI is InChI=1S/C11H11BrO2/c12-5-2-6(13)11-4-1-3-7(11)10(5)14-9(3)8(4)11/h2-4,6-10,13H,1H2/t3-,4-,6-,7?,8?,9?,10?,11?/m0/s1. The van der Waals surface area contributed by atoms with Crippen LogP contribution >= 0.6 is 15.9 Å². The second-order valence-corrected chi connectivity index (χ2v) is 6.49. The predicted octanol–water partition coefficient (Wildman–Crippen LogP) is 1.29. The van der Waals surface area contributed by atoms with E-state index in [1.807, 2.05) is 6.08 Å². The van der Waals surface area contributed by atoms with Gasteiger partial charge in [0.05, 0.1) is 18.3 Å². The van der Waals surface area contributed by atoms with E-state index in [2.05, 4.69) is 15.9 Å². The molecule has 0 amide bonds. The first-order valence-corrected chi connectivity index (χ1v) is 6.26. The maximum absolute atomic E-state index is 10.2. The highest BCUT2D eigenvalue weighted by atomic mass is 79.9. The number of hydrogen-bond acceptors (Lipinski definition) is 2. The zero-order valence-corrected chi connectivity index (χ0v) is 9.15. The molecule has 0 radical (unpaired) electrons. The van der Waals surface area contributed by atoms with Crippen LogP contribution in [0.2, 0.25) is 0 Å². The van der Waals surface area contributed by atoms with Crippen LogP contribution in [0.4, 0.5) is 0 Å². The summed E-state index contributed by atoms with van der Waals surface area (Å²) < 4.78 is 7.16. The van der Waals surface area contributed by atoms with Crippen LogP contribution in [0.25, 0.3) is 0 Å². The minimum absolute atomic E-state index is 0.202. The molecule has 1 heterocycles. The molecule has 2 nitrogen and oxygen atoms in total. The lowest BCUT2D eigenvalue weighted by Gasteiger charge is -2.36. The monoisotopic (exact) mass is 254 g/mol. The van der Waals surface area contributed by atoms with Crippen LogP contribution in [0.3, 0.4) is 0 Å². The molecular weight excluding hydrogens is 244 g/mol. The molecule has 0 aromatic rings. The molecule has 8 atom stereocenters. The molecular formula is C11H11BrO2. The Balaban J connectivity index is 1.82. The summed E-state index contributed by atoms with van der Waals surface area (Å²) in [6, 6.07) is 0. The molecule has 74 valence electrons. The van der Waals surface area contributed by atoms with Gasteiger partial charge in [0.2, 0.25) is 0 Å². The first-order valence-electron chi connectivity index (χ1n) is 5.47. The van der Waals surface area contributed by atoms with Crippen molar-refractivity contribution >= 4 is 15.9 Å². The average molecular weight is 255 g/mol. The molecule has 4 saturated carbocycles. The topological polar surface area (TPSA) is 29.5 Å². The number of aliphatic hydroxyl groups is 1. The van der Waals surface area contributed by atoms with Gasteiger partial charge in [-0.15, -0.1) is 0 Å². The van der Waals surface area contributed by atoms with E-state index in [1.165, 1.54) is 6.42 Å². The lowest BCUT2D eigenvalue weighted by molar-refractivity contribution is -0.0390. The molecule has 14 heavy (non-hydrogen) atoms. The van der Waals surface area contributed by atoms with Crippen LogP contribution in [-0.2, 0) is 4.74 Å². The summed E-state index contributed by atoms with van der Waals surface area (Å²) in [5.74, 6) is 2.91. The second-order valence-electron chi connectivity index (χ2n) is 5.58. The Hall–Kier alpha value is 0.140. The van der Waals surface area contributed by atoms with Gasteiger partial charge in [-0.25, -0.2) is 0 Å². The number of hydrogen-bond donors (Lipinski definition) is 1. The fourth-order valence-corrected chi connectivity index (χ4v) is 6.09. The van der Waals surface area contributed by atoms with Crippen molar-refractivity contribution in [3.63, 3.8) is 0 Å². The summed E-state index contributed by atoms with van der Waals surface area (Å²) in [4.78, 5) is 0. The zero-order valence-electron chi connectivity index (χ0n) is 7.56. The van der Waals surface area contributed by atoms with Gasteiger partial charge in [0, 0.05) is 15.8 Å². The van der Waals surface area contributed by atoms with E-state index in [-0.39, 0.29) is 17.6 Å². The Kier molecular flexibility index (Phi) is 0.934. The summed E-state index contributed by atoms with van der Waals surface area (Å²) in [6.45, 7) is 0. The average Bonchev–Trinajstić information content (AvgIpc) is 2.60. The van der Waals surface area contributed by atoms with Crippen molar-refractivity contribution in [1.82, 2.24) is 0 Å². The Morgan fingerprint density at radius 3 is 3.14 bits per heavy atom. The van der Waals surface area contributed by atoms with Gasteiger partial charge in [0.15, 0.2) is 0 Å². The minimum atomic E-state index is -0.202. The minimum Gasteiger partial charge on any atom is -0.388 e. The van der Waals surface area contributed by atoms with Crippen LogP contribution in [-0.4, -0.2) is 23.4 Å². The lowest BCUT2D eigenvalue weighted by atomic mass is 9.77. The SMILES string of the molecule is O[C@H]1C=C(Br)C2OC3C4[C@@H]5C[C@H]3C2C415. The highest BCUT2D eigenvalue weighted by Gasteiger charge is 2.90. The normalized spacial score (nSPS) is 75.3. The summed E-state index contributed by atoms with van der Waals surface area (Å²) in [5, 5.41) is 10.2. The molecule has 5 aliphatic carbocycles. The van der Waals surface area contributed by atoms with E-state index in [9.17, 15) is 5.11 Å². The van der Waals surface area contributed by atoms with Crippen molar-refractivity contribution in [2.45, 2.75) is 24.7 Å². The van der Waals surface area contributed by atoms with Gasteiger partial charge >= 0.3 is 0 Å². The quantitative estimate of drug-likeness (QED) is 0.706. The van der Waals surface area contributed by atoms with E-state index in [4.69, 9.17) is 4.74 Å². The van der Waals surface area contributed by atoms with E-state index in [1.54, 1.807) is 0 Å². The highest BCUT2D eigenvalue weighted by Crippen LogP contribution is 2.88. The van der Waals surface area contributed by atoms with Crippen LogP contribution in [0.1, 0.15) is 6.42 Å². The predicted molar refractivity (Wildman–Crippen MR) is 52.7 cm³/mol. The third kappa shape index (κ3) is 0.446. The third-order valence-corrected chi connectivity index (χ3v) is 6.33. The maximum atomic E-state index is 10.2. The van der Waals surface area contributed by atoms with Crippen molar-refractivity contribution in [2.24, 2.45) is 29.1 Å². The fourth-order valence-electron chi connectivity index (χ4n) is 5.45. The van der Waals surface area contributed by atoms with Crippen LogP contribution < -0.4 is 0 Å². The molecule has 5 unspecified atom stereocenters. The van der Waals surface area contributed by atoms with Crippen molar-refractivity contribution in [1.29, 1.82) is 0 Å². The Morgan fingerprint density at radius 2 is 2.36 bits per heavy atom. The van der Waals surface area contributed by atoms with Crippen molar-refractivity contribution in [3.8, 4) is 0 Å². The molecule has 6 rings (SSSR count). The summed E-state index contributed by atoms with van der Waals surface area (Å²) in [5.41, 5.74) is 0.273. The third-order valence-electron chi connectivity index (χ3n) is 5.62. The molecule has 1 N–H and O–H groups in total. The first kappa shape index (κ1) is 7.42. The smallest absolute Gasteiger partial charge is 0.0929 e. The van der Waals surface area contributed by atoms with Crippen LogP contribution in [0, 0.1) is 29.1 Å². The Bertz CT molecular complexity index is 393. The van der Waals surface area contributed by atoms with Gasteiger partial charge in [0.25, 0.3) is 0 Å². The Labute approximate surface area is 90.4 Å². The second kappa shape index (κ2) is 1.76. The molecule has 1 saturated heterocycles. The number of aliphatic hydroxyl groups excluding tert-OH is 1. The van der Waals surface area contributed by atoms with E-state index >= 15 is 0 Å². The summed E-state index contributed by atoms with van der Waals surface area (Å²) in [7, 11) is 0. The number of rotatable bonds is 0. The van der Waals surface area contributed by atoms with Crippen molar-refractivity contribution in [2.75, 3.05) is 0 Å². The van der Waals surface area contributed by atoms with Gasteiger partial charge in [-0.1, -0.05) is 15.9 Å². The number of halogens is 1. The fraction of sp³-hybridized carbons (Fsp3) is 0.818. The maximum Gasteiger partial charge on any atom is 0.0929 e. The van der Waals surface area contributed by atoms with E-state index in [0.29, 0.717) is 17.9 Å². The first-order chi connectivity index (χ1) is 6.76. The molecule has 1 spiro atoms. The summed E-state index contributed by atoms with van der Waals surface area (Å²) in [6.07, 6.45) is 3.88. The molecule has 5 fully saturated rings. The van der Waals surface area contributed by atoms with Crippen LogP contribution in [0.15, 0.2) is 10.6 Å². The molecule has 6 bridgehead atoms.